The van der Waals surface area contributed by atoms with Crippen LogP contribution in [0.4, 0.5) is 8.78 Å². The number of benzene rings is 4. The minimum atomic E-state index is -6.40. The fourth-order valence-electron chi connectivity index (χ4n) is 7.04. The zero-order valence-electron chi connectivity index (χ0n) is 21.5. The molecule has 6 heteroatoms. The molecule has 2 unspecified atom stereocenters. The van der Waals surface area contributed by atoms with Crippen LogP contribution >= 0.6 is 0 Å². The Morgan fingerprint density at radius 2 is 0.947 bits per heavy atom. The van der Waals surface area contributed by atoms with E-state index in [4.69, 9.17) is 5.63 Å². The molecule has 0 amide bonds. The van der Waals surface area contributed by atoms with Crippen LogP contribution in [0.2, 0.25) is 9.26 Å². The third-order valence-electron chi connectivity index (χ3n) is 8.88. The van der Waals surface area contributed by atoms with Gasteiger partial charge in [-0.05, 0) is 0 Å². The predicted molar refractivity (Wildman–Crippen MR) is 151 cm³/mol. The van der Waals surface area contributed by atoms with E-state index in [1.807, 2.05) is 31.1 Å². The van der Waals surface area contributed by atoms with Crippen molar-refractivity contribution in [3.8, 4) is 11.5 Å². The molecule has 0 fully saturated rings. The Morgan fingerprint density at radius 1 is 0.579 bits per heavy atom. The Morgan fingerprint density at radius 3 is 1.34 bits per heavy atom. The number of hydrogen-bond donors (Lipinski definition) is 0. The Bertz CT molecular complexity index is 1650. The van der Waals surface area contributed by atoms with Gasteiger partial charge >= 0.3 is 220 Å². The van der Waals surface area contributed by atoms with Crippen molar-refractivity contribution in [1.82, 2.24) is 0 Å². The molecule has 2 atom stereocenters. The van der Waals surface area contributed by atoms with Crippen LogP contribution in [0.3, 0.4) is 0 Å². The zero-order chi connectivity index (χ0) is 26.7. The molecule has 0 radical (unpaired) electrons. The van der Waals surface area contributed by atoms with Gasteiger partial charge in [-0.3, -0.25) is 0 Å². The van der Waals surface area contributed by atoms with E-state index >= 15 is 0 Å². The van der Waals surface area contributed by atoms with E-state index in [1.54, 1.807) is 24.3 Å². The number of allylic oxidation sites excluding steroid dienone is 2. The molecular weight excluding hydrogens is 574 g/mol. The standard InChI is InChI=1S/2C9H7.2C6H5FO.2CH3.H2Si.Zr/c2*1-2-5-9-7-3-6-8(9)4-1;2*7-5-1-3-6(8)4-2-5;;;;/h2*1-7H;2*1-4,8H;2*1H3;1H2;/q;;;;;;;+2/p-2. The molecule has 0 saturated carbocycles. The van der Waals surface area contributed by atoms with E-state index in [1.165, 1.54) is 24.3 Å². The van der Waals surface area contributed by atoms with Crippen LogP contribution in [0.15, 0.2) is 109 Å². The number of fused-ring (bicyclic) bond motifs is 2. The number of rotatable bonds is 6. The first-order valence-corrected chi connectivity index (χ1v) is 28.6. The molecule has 4 aromatic carbocycles. The Kier molecular flexibility index (Phi) is 4.99. The van der Waals surface area contributed by atoms with Crippen LogP contribution < -0.4 is 5.63 Å². The van der Waals surface area contributed by atoms with Gasteiger partial charge in [-0.1, -0.05) is 0 Å². The molecule has 0 saturated heterocycles. The van der Waals surface area contributed by atoms with Crippen molar-refractivity contribution in [3.63, 3.8) is 0 Å². The van der Waals surface area contributed by atoms with Gasteiger partial charge in [0.15, 0.2) is 0 Å². The fraction of sp³-hybridized carbons (Fsp3) is 0.125. The van der Waals surface area contributed by atoms with E-state index in [9.17, 15) is 8.78 Å². The van der Waals surface area contributed by atoms with E-state index in [0.29, 0.717) is 11.5 Å². The summed E-state index contributed by atoms with van der Waals surface area (Å²) >= 11 is -6.40. The molecule has 0 aromatic heterocycles. The van der Waals surface area contributed by atoms with Crippen LogP contribution in [0.5, 0.6) is 11.5 Å². The molecule has 2 aliphatic rings. The van der Waals surface area contributed by atoms with Crippen LogP contribution in [0.1, 0.15) is 29.5 Å². The molecule has 2 nitrogen and oxygen atoms in total. The summed E-state index contributed by atoms with van der Waals surface area (Å²) in [4.78, 5) is 0. The molecule has 4 aromatic rings. The molecule has 0 N–H and O–H groups in total. The van der Waals surface area contributed by atoms with Crippen molar-refractivity contribution < 1.29 is 29.7 Å². The van der Waals surface area contributed by atoms with E-state index in [-0.39, 0.29) is 18.9 Å². The van der Waals surface area contributed by atoms with Crippen LogP contribution in [0, 0.1) is 11.6 Å². The van der Waals surface area contributed by atoms with Crippen molar-refractivity contribution in [3.05, 3.63) is 143 Å². The Balaban J connectivity index is 1.75. The third kappa shape index (κ3) is 3.57. The summed E-state index contributed by atoms with van der Waals surface area (Å²) in [5, 5.41) is 0. The normalized spacial score (nSPS) is 20.5. The average Bonchev–Trinajstić information content (AvgIpc) is 3.54. The van der Waals surface area contributed by atoms with Gasteiger partial charge in [-0.25, -0.2) is 0 Å². The quantitative estimate of drug-likeness (QED) is 0.207. The van der Waals surface area contributed by atoms with Gasteiger partial charge in [0.05, 0.1) is 0 Å². The summed E-state index contributed by atoms with van der Waals surface area (Å²) in [6, 6.07) is 29.0. The second-order valence-electron chi connectivity index (χ2n) is 12.6. The first-order valence-electron chi connectivity index (χ1n) is 12.9. The second kappa shape index (κ2) is 7.52. The van der Waals surface area contributed by atoms with E-state index < -0.39 is 15.3 Å². The number of hydrogen-bond acceptors (Lipinski definition) is 2. The molecule has 192 valence electrons. The van der Waals surface area contributed by atoms with Gasteiger partial charge in [-0.2, -0.15) is 0 Å². The average molecular weight is 604 g/mol. The van der Waals surface area contributed by atoms with Gasteiger partial charge in [0, 0.05) is 0 Å². The zero-order valence-corrected chi connectivity index (χ0v) is 25.4. The van der Waals surface area contributed by atoms with Crippen LogP contribution in [-0.2, 0) is 15.3 Å². The summed E-state index contributed by atoms with van der Waals surface area (Å²) in [5.74, 6) is 0.392. The monoisotopic (exact) mass is 602 g/mol. The number of halogens is 2. The van der Waals surface area contributed by atoms with Crippen molar-refractivity contribution in [2.45, 2.75) is 16.5 Å². The third-order valence-corrected chi connectivity index (χ3v) is 36.3. The minimum absolute atomic E-state index is 0.253. The van der Waals surface area contributed by atoms with Gasteiger partial charge in [0.2, 0.25) is 0 Å². The molecule has 0 aliphatic heterocycles. The Hall–Kier alpha value is -3.08. The van der Waals surface area contributed by atoms with Crippen LogP contribution in [0.25, 0.3) is 12.2 Å². The maximum absolute atomic E-state index is 14.1. The topological polar surface area (TPSA) is 18.5 Å². The fourth-order valence-corrected chi connectivity index (χ4v) is 33.1. The molecule has 38 heavy (non-hydrogen) atoms. The van der Waals surface area contributed by atoms with Gasteiger partial charge in [0.25, 0.3) is 0 Å². The second-order valence-corrected chi connectivity index (χ2v) is 55.9. The van der Waals surface area contributed by atoms with Crippen LogP contribution in [-0.4, -0.2) is 6.88 Å². The molecule has 0 heterocycles. The van der Waals surface area contributed by atoms with E-state index in [0.717, 1.165) is 22.3 Å². The van der Waals surface area contributed by atoms with E-state index in [2.05, 4.69) is 57.8 Å². The summed E-state index contributed by atoms with van der Waals surface area (Å²) < 4.78 is 47.1. The summed E-state index contributed by atoms with van der Waals surface area (Å²) in [7, 11) is 0. The molecular formula is C32H30F2O2SiZr. The van der Waals surface area contributed by atoms with Gasteiger partial charge < -0.3 is 0 Å². The molecule has 6 rings (SSSR count). The summed E-state index contributed by atoms with van der Waals surface area (Å²) in [5.41, 5.74) is 4.47. The first-order chi connectivity index (χ1) is 17.9. The maximum atomic E-state index is 14.1. The predicted octanol–water partition coefficient (Wildman–Crippen LogP) is 8.19. The summed E-state index contributed by atoms with van der Waals surface area (Å²) in [6.07, 6.45) is 8.70. The summed E-state index contributed by atoms with van der Waals surface area (Å²) in [6.45, 7) is 1.86. The Labute approximate surface area is 218 Å². The first kappa shape index (κ1) is 25.2. The van der Waals surface area contributed by atoms with Gasteiger partial charge in [-0.15, -0.1) is 0 Å². The molecule has 0 bridgehead atoms. The molecule has 2 aliphatic carbocycles. The molecule has 0 spiro atoms. The van der Waals surface area contributed by atoms with Crippen molar-refractivity contribution in [2.75, 3.05) is 0 Å². The van der Waals surface area contributed by atoms with Crippen molar-refractivity contribution >= 4 is 19.0 Å². The van der Waals surface area contributed by atoms with Crippen molar-refractivity contribution in [1.29, 1.82) is 0 Å². The van der Waals surface area contributed by atoms with Gasteiger partial charge in [0.1, 0.15) is 0 Å². The SMILES string of the molecule is [CH3][Zr]([CH3])(=[SiH2])([O]c1ccc(F)cc1)([O]c1ccc(F)cc1)([CH]1C=Cc2ccccc21)[CH]1C=Cc2ccccc21. The van der Waals surface area contributed by atoms with Crippen molar-refractivity contribution in [2.24, 2.45) is 0 Å².